The maximum absolute atomic E-state index is 8.70. The Bertz CT molecular complexity index is 518. The minimum atomic E-state index is 0.231. The van der Waals surface area contributed by atoms with Gasteiger partial charge < -0.3 is 5.32 Å². The monoisotopic (exact) mass is 251 g/mol. The van der Waals surface area contributed by atoms with Crippen molar-refractivity contribution >= 4 is 28.1 Å². The van der Waals surface area contributed by atoms with Crippen LogP contribution in [0.25, 0.3) is 0 Å². The van der Waals surface area contributed by atoms with E-state index in [1.165, 1.54) is 11.3 Å². The summed E-state index contributed by atoms with van der Waals surface area (Å²) in [4.78, 5) is 4.40. The third-order valence-electron chi connectivity index (χ3n) is 1.74. The first-order valence-electron chi connectivity index (χ1n) is 4.36. The molecule has 16 heavy (non-hydrogen) atoms. The summed E-state index contributed by atoms with van der Waals surface area (Å²) < 4.78 is 0. The molecule has 0 fully saturated rings. The normalized spacial score (nSPS) is 9.75. The molecule has 0 radical (unpaired) electrons. The molecule has 5 nitrogen and oxygen atoms in total. The van der Waals surface area contributed by atoms with E-state index in [1.54, 1.807) is 12.3 Å². The van der Waals surface area contributed by atoms with Crippen LogP contribution in [0.3, 0.4) is 0 Å². The van der Waals surface area contributed by atoms with Crippen molar-refractivity contribution in [3.05, 3.63) is 34.1 Å². The molecule has 2 heterocycles. The summed E-state index contributed by atoms with van der Waals surface area (Å²) >= 11 is 6.95. The van der Waals surface area contributed by atoms with Gasteiger partial charge in [0.05, 0.1) is 12.2 Å². The Morgan fingerprint density at radius 1 is 1.56 bits per heavy atom. The zero-order valence-electron chi connectivity index (χ0n) is 8.01. The number of hydrogen-bond acceptors (Lipinski definition) is 6. The van der Waals surface area contributed by atoms with Gasteiger partial charge in [0.1, 0.15) is 10.9 Å². The third-order valence-corrected chi connectivity index (χ3v) is 3.04. The standard InChI is InChI=1S/C9H6ClN5S/c10-8-7(4-11)16-9(14-8)12-5-6-2-1-3-13-15-6/h1-3H,5H2,(H,12,14). The number of nitrogens with one attached hydrogen (secondary N) is 1. The number of aromatic nitrogens is 3. The zero-order valence-corrected chi connectivity index (χ0v) is 9.59. The molecule has 0 aromatic carbocycles. The topological polar surface area (TPSA) is 74.5 Å². The SMILES string of the molecule is N#Cc1sc(NCc2cccnn2)nc1Cl. The predicted octanol–water partition coefficient (Wildman–Crippen LogP) is 2.07. The van der Waals surface area contributed by atoms with Crippen LogP contribution in [0, 0.1) is 11.3 Å². The Kier molecular flexibility index (Phi) is 3.29. The predicted molar refractivity (Wildman–Crippen MR) is 61.2 cm³/mol. The lowest BCUT2D eigenvalue weighted by molar-refractivity contribution is 0.923. The number of rotatable bonds is 3. The number of hydrogen-bond donors (Lipinski definition) is 1. The minimum Gasteiger partial charge on any atom is -0.356 e. The average molecular weight is 252 g/mol. The van der Waals surface area contributed by atoms with E-state index >= 15 is 0 Å². The fraction of sp³-hybridized carbons (Fsp3) is 0.111. The summed E-state index contributed by atoms with van der Waals surface area (Å²) in [5.41, 5.74) is 0.798. The van der Waals surface area contributed by atoms with Crippen molar-refractivity contribution in [3.63, 3.8) is 0 Å². The lowest BCUT2D eigenvalue weighted by Gasteiger charge is -1.99. The summed E-state index contributed by atoms with van der Waals surface area (Å²) in [5.74, 6) is 0. The van der Waals surface area contributed by atoms with Gasteiger partial charge in [0.25, 0.3) is 0 Å². The van der Waals surface area contributed by atoms with E-state index in [0.29, 0.717) is 16.6 Å². The van der Waals surface area contributed by atoms with Gasteiger partial charge in [0.15, 0.2) is 10.3 Å². The first kappa shape index (κ1) is 10.8. The Labute approximate surface area is 101 Å². The fourth-order valence-corrected chi connectivity index (χ4v) is 1.98. The second-order valence-electron chi connectivity index (χ2n) is 2.82. The van der Waals surface area contributed by atoms with Crippen LogP contribution in [0.4, 0.5) is 5.13 Å². The molecule has 80 valence electrons. The molecule has 0 unspecified atom stereocenters. The van der Waals surface area contributed by atoms with Crippen molar-refractivity contribution in [2.75, 3.05) is 5.32 Å². The van der Waals surface area contributed by atoms with Crippen molar-refractivity contribution in [2.45, 2.75) is 6.54 Å². The van der Waals surface area contributed by atoms with Gasteiger partial charge in [0.2, 0.25) is 0 Å². The molecule has 0 amide bonds. The van der Waals surface area contributed by atoms with Gasteiger partial charge in [-0.25, -0.2) is 4.98 Å². The van der Waals surface area contributed by atoms with Crippen LogP contribution >= 0.6 is 22.9 Å². The van der Waals surface area contributed by atoms with Gasteiger partial charge in [-0.3, -0.25) is 0 Å². The molecule has 0 saturated carbocycles. The van der Waals surface area contributed by atoms with Gasteiger partial charge in [0, 0.05) is 6.20 Å². The molecule has 1 N–H and O–H groups in total. The number of anilines is 1. The van der Waals surface area contributed by atoms with E-state index in [9.17, 15) is 0 Å². The van der Waals surface area contributed by atoms with Crippen molar-refractivity contribution in [2.24, 2.45) is 0 Å². The fourth-order valence-electron chi connectivity index (χ4n) is 1.04. The molecule has 0 aliphatic heterocycles. The summed E-state index contributed by atoms with van der Waals surface area (Å²) in [6.07, 6.45) is 1.61. The molecule has 0 spiro atoms. The number of nitrogens with zero attached hydrogens (tertiary/aromatic N) is 4. The maximum atomic E-state index is 8.70. The zero-order chi connectivity index (χ0) is 11.4. The van der Waals surface area contributed by atoms with Gasteiger partial charge in [-0.15, -0.1) is 0 Å². The molecule has 0 saturated heterocycles. The van der Waals surface area contributed by atoms with Crippen LogP contribution in [-0.2, 0) is 6.54 Å². The Morgan fingerprint density at radius 3 is 3.06 bits per heavy atom. The summed E-state index contributed by atoms with van der Waals surface area (Å²) in [6, 6.07) is 5.62. The Morgan fingerprint density at radius 2 is 2.44 bits per heavy atom. The van der Waals surface area contributed by atoms with Crippen LogP contribution in [0.1, 0.15) is 10.6 Å². The highest BCUT2D eigenvalue weighted by Gasteiger charge is 2.07. The molecule has 0 aliphatic carbocycles. The van der Waals surface area contributed by atoms with Crippen LogP contribution in [0.15, 0.2) is 18.3 Å². The number of halogens is 1. The molecule has 7 heteroatoms. The second kappa shape index (κ2) is 4.88. The summed E-state index contributed by atoms with van der Waals surface area (Å²) in [5, 5.41) is 20.2. The largest absolute Gasteiger partial charge is 0.356 e. The summed E-state index contributed by atoms with van der Waals surface area (Å²) in [7, 11) is 0. The van der Waals surface area contributed by atoms with E-state index < -0.39 is 0 Å². The third kappa shape index (κ3) is 2.45. The molecule has 0 atom stereocenters. The van der Waals surface area contributed by atoms with Crippen molar-refractivity contribution in [1.82, 2.24) is 15.2 Å². The number of nitriles is 1. The average Bonchev–Trinajstić information content (AvgIpc) is 2.69. The van der Waals surface area contributed by atoms with Crippen LogP contribution < -0.4 is 5.32 Å². The Balaban J connectivity index is 2.03. The van der Waals surface area contributed by atoms with Gasteiger partial charge in [-0.1, -0.05) is 22.9 Å². The summed E-state index contributed by atoms with van der Waals surface area (Å²) in [6.45, 7) is 0.503. The molecule has 2 aromatic heterocycles. The van der Waals surface area contributed by atoms with Gasteiger partial charge in [-0.2, -0.15) is 15.5 Å². The van der Waals surface area contributed by atoms with Crippen LogP contribution in [-0.4, -0.2) is 15.2 Å². The molecule has 2 aromatic rings. The quantitative estimate of drug-likeness (QED) is 0.904. The van der Waals surface area contributed by atoms with Crippen LogP contribution in [0.5, 0.6) is 0 Å². The Hall–Kier alpha value is -1.71. The highest BCUT2D eigenvalue weighted by Crippen LogP contribution is 2.25. The van der Waals surface area contributed by atoms with E-state index in [-0.39, 0.29) is 5.15 Å². The van der Waals surface area contributed by atoms with Crippen molar-refractivity contribution in [1.29, 1.82) is 5.26 Å². The van der Waals surface area contributed by atoms with Gasteiger partial charge in [-0.05, 0) is 12.1 Å². The molecule has 2 rings (SSSR count). The first-order chi connectivity index (χ1) is 7.79. The number of thiazole rings is 1. The highest BCUT2D eigenvalue weighted by molar-refractivity contribution is 7.16. The van der Waals surface area contributed by atoms with E-state index in [2.05, 4.69) is 20.5 Å². The van der Waals surface area contributed by atoms with Crippen molar-refractivity contribution in [3.8, 4) is 6.07 Å². The van der Waals surface area contributed by atoms with E-state index in [0.717, 1.165) is 5.69 Å². The molecule has 0 bridgehead atoms. The van der Waals surface area contributed by atoms with Gasteiger partial charge >= 0.3 is 0 Å². The first-order valence-corrected chi connectivity index (χ1v) is 5.56. The molecular weight excluding hydrogens is 246 g/mol. The highest BCUT2D eigenvalue weighted by atomic mass is 35.5. The van der Waals surface area contributed by atoms with E-state index in [4.69, 9.17) is 16.9 Å². The smallest absolute Gasteiger partial charge is 0.185 e. The minimum absolute atomic E-state index is 0.231. The van der Waals surface area contributed by atoms with Crippen molar-refractivity contribution < 1.29 is 0 Å². The second-order valence-corrected chi connectivity index (χ2v) is 4.18. The lowest BCUT2D eigenvalue weighted by atomic mass is 10.4. The van der Waals surface area contributed by atoms with Crippen LogP contribution in [0.2, 0.25) is 5.15 Å². The maximum Gasteiger partial charge on any atom is 0.185 e. The molecule has 0 aliphatic rings. The van der Waals surface area contributed by atoms with E-state index in [1.807, 2.05) is 12.1 Å². The molecular formula is C9H6ClN5S. The lowest BCUT2D eigenvalue weighted by Crippen LogP contribution is -2.01.